The molecule has 5 heteroatoms. The molecule has 4 fully saturated rings. The number of aliphatic hydroxyl groups excluding tert-OH is 2. The molecule has 176 valence electrons. The van der Waals surface area contributed by atoms with Gasteiger partial charge in [-0.05, 0) is 80.6 Å². The van der Waals surface area contributed by atoms with Crippen molar-refractivity contribution in [2.75, 3.05) is 6.61 Å². The Balaban J connectivity index is 1.35. The van der Waals surface area contributed by atoms with Gasteiger partial charge in [0.25, 0.3) is 0 Å². The van der Waals surface area contributed by atoms with E-state index in [1.165, 1.54) is 5.57 Å². The van der Waals surface area contributed by atoms with Crippen LogP contribution in [0.25, 0.3) is 0 Å². The van der Waals surface area contributed by atoms with Crippen LogP contribution in [0.15, 0.2) is 23.3 Å². The Morgan fingerprint density at radius 1 is 1.12 bits per heavy atom. The van der Waals surface area contributed by atoms with Crippen molar-refractivity contribution in [1.29, 1.82) is 0 Å². The number of hydrogen-bond donors (Lipinski definition) is 2. The monoisotopic (exact) mass is 442 g/mol. The third-order valence-electron chi connectivity index (χ3n) is 11.0. The van der Waals surface area contributed by atoms with Gasteiger partial charge >= 0.3 is 0 Å². The van der Waals surface area contributed by atoms with E-state index in [1.54, 1.807) is 6.08 Å². The maximum atomic E-state index is 12.2. The van der Waals surface area contributed by atoms with E-state index in [0.717, 1.165) is 31.3 Å². The average Bonchev–Trinajstić information content (AvgIpc) is 3.19. The number of carbonyl (C=O) groups excluding carboxylic acids is 1. The first-order chi connectivity index (χ1) is 15.1. The number of fused-ring (bicyclic) bond motifs is 7. The van der Waals surface area contributed by atoms with Crippen molar-refractivity contribution >= 4 is 5.78 Å². The smallest absolute Gasteiger partial charge is 0.184 e. The van der Waals surface area contributed by atoms with Gasteiger partial charge in [-0.15, -0.1) is 0 Å². The van der Waals surface area contributed by atoms with E-state index in [1.807, 2.05) is 0 Å². The molecule has 11 atom stereocenters. The quantitative estimate of drug-likeness (QED) is 0.561. The lowest BCUT2D eigenvalue weighted by Crippen LogP contribution is -2.55. The van der Waals surface area contributed by atoms with E-state index in [4.69, 9.17) is 9.47 Å². The van der Waals surface area contributed by atoms with Crippen LogP contribution in [0.2, 0.25) is 0 Å². The van der Waals surface area contributed by atoms with Crippen LogP contribution in [-0.2, 0) is 14.3 Å². The number of ketones is 1. The van der Waals surface area contributed by atoms with Crippen molar-refractivity contribution in [2.24, 2.45) is 34.5 Å². The predicted molar refractivity (Wildman–Crippen MR) is 120 cm³/mol. The minimum Gasteiger partial charge on any atom is -0.393 e. The summed E-state index contributed by atoms with van der Waals surface area (Å²) in [6.07, 6.45) is 8.14. The van der Waals surface area contributed by atoms with Gasteiger partial charge in [-0.2, -0.15) is 0 Å². The van der Waals surface area contributed by atoms with E-state index in [9.17, 15) is 15.0 Å². The molecule has 2 aliphatic heterocycles. The van der Waals surface area contributed by atoms with Crippen LogP contribution in [0, 0.1) is 34.5 Å². The van der Waals surface area contributed by atoms with Gasteiger partial charge in [-0.1, -0.05) is 38.0 Å². The highest BCUT2D eigenvalue weighted by molar-refractivity contribution is 5.95. The van der Waals surface area contributed by atoms with Crippen molar-refractivity contribution in [1.82, 2.24) is 0 Å². The molecular formula is C27H38O5. The summed E-state index contributed by atoms with van der Waals surface area (Å²) in [7, 11) is 0. The molecule has 2 N–H and O–H groups in total. The molecule has 2 saturated heterocycles. The molecule has 0 amide bonds. The highest BCUT2D eigenvalue weighted by Gasteiger charge is 2.69. The second-order valence-corrected chi connectivity index (χ2v) is 12.3. The van der Waals surface area contributed by atoms with Crippen molar-refractivity contribution in [3.8, 4) is 0 Å². The van der Waals surface area contributed by atoms with Gasteiger partial charge in [0.1, 0.15) is 6.10 Å². The number of hydrogen-bond acceptors (Lipinski definition) is 5. The van der Waals surface area contributed by atoms with Crippen molar-refractivity contribution in [2.45, 2.75) is 96.2 Å². The molecule has 0 bridgehead atoms. The van der Waals surface area contributed by atoms with Crippen molar-refractivity contribution < 1.29 is 24.5 Å². The largest absolute Gasteiger partial charge is 0.393 e. The third kappa shape index (κ3) is 2.57. The Hall–Kier alpha value is -1.01. The Morgan fingerprint density at radius 2 is 1.91 bits per heavy atom. The summed E-state index contributed by atoms with van der Waals surface area (Å²) < 4.78 is 12.9. The molecule has 2 unspecified atom stereocenters. The summed E-state index contributed by atoms with van der Waals surface area (Å²) >= 11 is 0. The minimum absolute atomic E-state index is 0.162. The lowest BCUT2D eigenvalue weighted by atomic mass is 9.48. The van der Waals surface area contributed by atoms with Gasteiger partial charge in [0.05, 0.1) is 30.5 Å². The van der Waals surface area contributed by atoms with Crippen LogP contribution >= 0.6 is 0 Å². The number of carbonyl (C=O) groups is 1. The molecule has 2 heterocycles. The molecule has 0 aromatic heterocycles. The summed E-state index contributed by atoms with van der Waals surface area (Å²) in [5.41, 5.74) is 1.92. The zero-order valence-electron chi connectivity index (χ0n) is 19.8. The second kappa shape index (κ2) is 6.78. The fourth-order valence-electron chi connectivity index (χ4n) is 8.99. The van der Waals surface area contributed by atoms with E-state index in [-0.39, 0.29) is 34.2 Å². The molecule has 2 saturated carbocycles. The Kier molecular flexibility index (Phi) is 4.56. The molecule has 0 aromatic carbocycles. The molecule has 6 rings (SSSR count). The van der Waals surface area contributed by atoms with Gasteiger partial charge in [0.2, 0.25) is 0 Å². The second-order valence-electron chi connectivity index (χ2n) is 12.3. The van der Waals surface area contributed by atoms with Gasteiger partial charge < -0.3 is 19.7 Å². The van der Waals surface area contributed by atoms with Crippen LogP contribution < -0.4 is 0 Å². The number of rotatable bonds is 0. The average molecular weight is 443 g/mol. The fourth-order valence-corrected chi connectivity index (χ4v) is 8.99. The summed E-state index contributed by atoms with van der Waals surface area (Å²) in [5.74, 6) is 0.987. The number of allylic oxidation sites excluding steroid dienone is 3. The minimum atomic E-state index is -0.923. The molecule has 32 heavy (non-hydrogen) atoms. The van der Waals surface area contributed by atoms with Crippen LogP contribution in [0.4, 0.5) is 0 Å². The van der Waals surface area contributed by atoms with Crippen molar-refractivity contribution in [3.63, 3.8) is 0 Å². The molecule has 0 radical (unpaired) electrons. The van der Waals surface area contributed by atoms with E-state index < -0.39 is 12.2 Å². The summed E-state index contributed by atoms with van der Waals surface area (Å²) in [5, 5.41) is 22.1. The summed E-state index contributed by atoms with van der Waals surface area (Å²) in [6.45, 7) is 9.65. The predicted octanol–water partition coefficient (Wildman–Crippen LogP) is 3.58. The van der Waals surface area contributed by atoms with Gasteiger partial charge in [0.15, 0.2) is 5.78 Å². The number of ether oxygens (including phenoxy) is 2. The lowest BCUT2D eigenvalue weighted by molar-refractivity contribution is -0.158. The fraction of sp³-hybridized carbons (Fsp3) is 0.815. The van der Waals surface area contributed by atoms with Crippen molar-refractivity contribution in [3.05, 3.63) is 23.3 Å². The van der Waals surface area contributed by atoms with Gasteiger partial charge in [0, 0.05) is 5.41 Å². The Bertz CT molecular complexity index is 898. The molecule has 6 aliphatic rings. The van der Waals surface area contributed by atoms with Crippen LogP contribution in [-0.4, -0.2) is 52.6 Å². The maximum Gasteiger partial charge on any atom is 0.184 e. The zero-order valence-corrected chi connectivity index (χ0v) is 19.8. The number of aliphatic hydroxyl groups is 2. The first kappa shape index (κ1) is 21.5. The topological polar surface area (TPSA) is 76.0 Å². The summed E-state index contributed by atoms with van der Waals surface area (Å²) in [6, 6.07) is 0. The van der Waals surface area contributed by atoms with E-state index >= 15 is 0 Å². The Labute approximate surface area is 191 Å². The third-order valence-corrected chi connectivity index (χ3v) is 11.0. The van der Waals surface area contributed by atoms with Crippen LogP contribution in [0.3, 0.4) is 0 Å². The van der Waals surface area contributed by atoms with E-state index in [2.05, 4.69) is 33.8 Å². The molecule has 5 nitrogen and oxygen atoms in total. The maximum absolute atomic E-state index is 12.2. The van der Waals surface area contributed by atoms with E-state index in [0.29, 0.717) is 43.3 Å². The molecule has 4 aliphatic carbocycles. The highest BCUT2D eigenvalue weighted by Crippen LogP contribution is 2.69. The van der Waals surface area contributed by atoms with Gasteiger partial charge in [-0.25, -0.2) is 0 Å². The standard InChI is InChI=1S/C27H38O5/c1-14-7-8-27(13-31-14)15(2)24-22(32-27)10-19-17-6-5-16-9-20(28)21(29)12-25(16,3)18(17)11-23(30)26(19,24)4/h6,9,14-15,18-19,21-24,29-30H,5,7-8,10-13H2,1-4H3/t14-,15+,18?,19?,21+,22+,23+,24+,25+,26-,27+/m1/s1. The first-order valence-electron chi connectivity index (χ1n) is 12.7. The Morgan fingerprint density at radius 3 is 2.62 bits per heavy atom. The molecule has 1 spiro atoms. The SMILES string of the molecule is C[C@@H]1CC[C@@]2(CO1)O[C@H]1CC3C4=CCC5=CC(=O)[C@@H](O)C[C@]5(C)C4C[C@H](O)[C@]3(C)[C@H]1[C@@H]2C. The lowest BCUT2D eigenvalue weighted by Gasteiger charge is -2.57. The summed E-state index contributed by atoms with van der Waals surface area (Å²) in [4.78, 5) is 12.2. The van der Waals surface area contributed by atoms with Crippen LogP contribution in [0.5, 0.6) is 0 Å². The molecule has 0 aromatic rings. The molecular weight excluding hydrogens is 404 g/mol. The van der Waals surface area contributed by atoms with Crippen LogP contribution in [0.1, 0.15) is 66.2 Å². The highest BCUT2D eigenvalue weighted by atomic mass is 16.6. The zero-order chi connectivity index (χ0) is 22.6. The van der Waals surface area contributed by atoms with Gasteiger partial charge in [-0.3, -0.25) is 4.79 Å². The first-order valence-corrected chi connectivity index (χ1v) is 12.7. The normalized spacial score (nSPS) is 56.8.